The highest BCUT2D eigenvalue weighted by Gasteiger charge is 2.44. The molecule has 3 rings (SSSR count). The average Bonchev–Trinajstić information content (AvgIpc) is 2.86. The van der Waals surface area contributed by atoms with Gasteiger partial charge in [0.2, 0.25) is 0 Å². The molecule has 3 atom stereocenters. The van der Waals surface area contributed by atoms with Gasteiger partial charge in [0.05, 0.1) is 26.4 Å². The van der Waals surface area contributed by atoms with Crippen LogP contribution in [0.4, 0.5) is 0 Å². The second-order valence-electron chi connectivity index (χ2n) is 10.3. The number of morpholine rings is 2. The van der Waals surface area contributed by atoms with Gasteiger partial charge < -0.3 is 36.6 Å². The molecule has 0 bridgehead atoms. The molecule has 0 aromatic rings. The molecular formula is C28H75N3O7Si3. The van der Waals surface area contributed by atoms with Crippen molar-refractivity contribution in [1.29, 1.82) is 0 Å². The van der Waals surface area contributed by atoms with Crippen molar-refractivity contribution in [3.05, 3.63) is 0 Å². The SMILES string of the molecule is C.C.C.C.C.C.CO[Si](C)(CN1CCCCC1)O[Si](C)(CN1CCOCC1)OC.CO[Si](C)(O)CN1CCOCC1. The van der Waals surface area contributed by atoms with Crippen LogP contribution in [0.5, 0.6) is 0 Å². The molecule has 0 aliphatic carbocycles. The monoisotopic (exact) mass is 649 g/mol. The Morgan fingerprint density at radius 3 is 1.22 bits per heavy atom. The Labute approximate surface area is 260 Å². The number of hydrogen-bond donors (Lipinski definition) is 1. The summed E-state index contributed by atoms with van der Waals surface area (Å²) in [5, 5.41) is 0. The van der Waals surface area contributed by atoms with Crippen molar-refractivity contribution in [2.45, 2.75) is 83.5 Å². The lowest BCUT2D eigenvalue weighted by atomic mass is 10.1. The van der Waals surface area contributed by atoms with Crippen molar-refractivity contribution in [3.63, 3.8) is 0 Å². The molecule has 3 aliphatic heterocycles. The first-order chi connectivity index (χ1) is 16.6. The van der Waals surface area contributed by atoms with E-state index in [4.69, 9.17) is 26.9 Å². The molecule has 3 heterocycles. The van der Waals surface area contributed by atoms with Crippen molar-refractivity contribution in [3.8, 4) is 0 Å². The zero-order valence-electron chi connectivity index (χ0n) is 23.1. The third-order valence-corrected chi connectivity index (χ3v) is 16.1. The number of rotatable bonds is 11. The number of piperidine rings is 1. The van der Waals surface area contributed by atoms with Crippen LogP contribution < -0.4 is 0 Å². The maximum Gasteiger partial charge on any atom is 0.346 e. The predicted molar refractivity (Wildman–Crippen MR) is 184 cm³/mol. The van der Waals surface area contributed by atoms with Crippen LogP contribution in [-0.2, 0) is 26.9 Å². The van der Waals surface area contributed by atoms with Crippen LogP contribution in [-0.4, -0.2) is 151 Å². The van der Waals surface area contributed by atoms with Crippen LogP contribution in [0.15, 0.2) is 0 Å². The van der Waals surface area contributed by atoms with E-state index in [0.717, 1.165) is 64.9 Å². The second-order valence-corrected chi connectivity index (χ2v) is 20.1. The molecule has 3 fully saturated rings. The van der Waals surface area contributed by atoms with Gasteiger partial charge in [-0.1, -0.05) is 51.0 Å². The fourth-order valence-electron chi connectivity index (χ4n) is 4.66. The molecule has 3 unspecified atom stereocenters. The highest BCUT2D eigenvalue weighted by Crippen LogP contribution is 2.21. The van der Waals surface area contributed by atoms with Crippen molar-refractivity contribution in [2.24, 2.45) is 0 Å². The highest BCUT2D eigenvalue weighted by molar-refractivity contribution is 6.80. The zero-order valence-corrected chi connectivity index (χ0v) is 26.1. The van der Waals surface area contributed by atoms with Gasteiger partial charge in [-0.15, -0.1) is 0 Å². The Morgan fingerprint density at radius 2 is 0.878 bits per heavy atom. The molecule has 256 valence electrons. The van der Waals surface area contributed by atoms with Crippen LogP contribution >= 0.6 is 0 Å². The zero-order chi connectivity index (χ0) is 25.8. The molecule has 13 heteroatoms. The quantitative estimate of drug-likeness (QED) is 0.318. The van der Waals surface area contributed by atoms with Crippen molar-refractivity contribution in [1.82, 2.24) is 14.7 Å². The van der Waals surface area contributed by atoms with E-state index >= 15 is 0 Å². The minimum absolute atomic E-state index is 0. The summed E-state index contributed by atoms with van der Waals surface area (Å²) in [5.74, 6) is 0. The van der Waals surface area contributed by atoms with Gasteiger partial charge in [-0.05, 0) is 45.6 Å². The molecule has 3 aliphatic rings. The maximum atomic E-state index is 9.71. The summed E-state index contributed by atoms with van der Waals surface area (Å²) < 4.78 is 34.1. The smallest absolute Gasteiger partial charge is 0.346 e. The van der Waals surface area contributed by atoms with Gasteiger partial charge in [0.15, 0.2) is 0 Å². The van der Waals surface area contributed by atoms with Gasteiger partial charge in [0.1, 0.15) is 0 Å². The van der Waals surface area contributed by atoms with E-state index in [0.29, 0.717) is 6.17 Å². The summed E-state index contributed by atoms with van der Waals surface area (Å²) in [5.41, 5.74) is 0. The molecule has 1 N–H and O–H groups in total. The minimum atomic E-state index is -2.39. The third-order valence-electron chi connectivity index (χ3n) is 6.93. The molecule has 3 saturated heterocycles. The largest absolute Gasteiger partial charge is 0.413 e. The molecule has 41 heavy (non-hydrogen) atoms. The molecule has 0 saturated carbocycles. The van der Waals surface area contributed by atoms with Crippen LogP contribution in [0.1, 0.15) is 63.8 Å². The van der Waals surface area contributed by atoms with Crippen molar-refractivity contribution in [2.75, 3.05) is 106 Å². The predicted octanol–water partition coefficient (Wildman–Crippen LogP) is 4.72. The summed E-state index contributed by atoms with van der Waals surface area (Å²) in [6.07, 6.45) is 6.45. The highest BCUT2D eigenvalue weighted by atomic mass is 28.5. The molecule has 0 radical (unpaired) electrons. The molecule has 0 spiro atoms. The van der Waals surface area contributed by atoms with Gasteiger partial charge in [0, 0.05) is 66.0 Å². The Balaban J connectivity index is -0.000000210. The lowest BCUT2D eigenvalue weighted by Crippen LogP contribution is -2.61. The Hall–Kier alpha value is 0.251. The standard InChI is InChI=1S/C15H34N2O4Si2.C7H17NO3Si.6CH4/c1-18-22(3,14-16-8-6-5-7-9-16)21-23(4,19-2)15-17-10-12-20-13-11-17;1-10-12(2,9)7-8-3-5-11-6-4-8;;;;;;/h5-15H2,1-4H3;9H,3-7H2,1-2H3;6*1H4. The molecule has 10 nitrogen and oxygen atoms in total. The maximum absolute atomic E-state index is 9.71. The normalized spacial score (nSPS) is 22.3. The first-order valence-electron chi connectivity index (χ1n) is 13.0. The number of hydrogen-bond acceptors (Lipinski definition) is 10. The summed E-state index contributed by atoms with van der Waals surface area (Å²) >= 11 is 0. The molecule has 0 aromatic heterocycles. The van der Waals surface area contributed by atoms with Crippen LogP contribution in [0, 0.1) is 0 Å². The van der Waals surface area contributed by atoms with E-state index in [1.54, 1.807) is 21.3 Å². The second kappa shape index (κ2) is 25.6. The average molecular weight is 650 g/mol. The Bertz CT molecular complexity index is 552. The van der Waals surface area contributed by atoms with E-state index in [1.807, 2.05) is 6.55 Å². The van der Waals surface area contributed by atoms with Gasteiger partial charge in [-0.25, -0.2) is 0 Å². The first-order valence-corrected chi connectivity index (χ1v) is 20.6. The van der Waals surface area contributed by atoms with E-state index in [-0.39, 0.29) is 44.6 Å². The topological polar surface area (TPSA) is 85.3 Å². The van der Waals surface area contributed by atoms with Crippen molar-refractivity contribution < 1.29 is 31.7 Å². The van der Waals surface area contributed by atoms with Gasteiger partial charge >= 0.3 is 25.7 Å². The molecular weight excluding hydrogens is 575 g/mol. The third kappa shape index (κ3) is 20.0. The minimum Gasteiger partial charge on any atom is -0.413 e. The van der Waals surface area contributed by atoms with E-state index < -0.39 is 25.7 Å². The first kappa shape index (κ1) is 50.9. The Morgan fingerprint density at radius 1 is 0.537 bits per heavy atom. The molecule has 0 amide bonds. The van der Waals surface area contributed by atoms with Crippen molar-refractivity contribution >= 4 is 25.7 Å². The Kier molecular flexibility index (Phi) is 31.7. The fourth-order valence-corrected chi connectivity index (χ4v) is 13.3. The number of nitrogens with zero attached hydrogens (tertiary/aromatic N) is 3. The summed E-state index contributed by atoms with van der Waals surface area (Å²) in [6, 6.07) is 0. The van der Waals surface area contributed by atoms with Gasteiger partial charge in [-0.3, -0.25) is 9.80 Å². The summed E-state index contributed by atoms with van der Waals surface area (Å²) in [4.78, 5) is 16.8. The lowest BCUT2D eigenvalue weighted by molar-refractivity contribution is 0.0407. The van der Waals surface area contributed by atoms with Gasteiger partial charge in [0.25, 0.3) is 0 Å². The molecule has 0 aromatic carbocycles. The lowest BCUT2D eigenvalue weighted by Gasteiger charge is -2.41. The fraction of sp³-hybridized carbons (Fsp3) is 1.00. The van der Waals surface area contributed by atoms with E-state index in [2.05, 4.69) is 27.8 Å². The van der Waals surface area contributed by atoms with E-state index in [9.17, 15) is 4.80 Å². The number of likely N-dealkylation sites (tertiary alicyclic amines) is 1. The summed E-state index contributed by atoms with van der Waals surface area (Å²) in [6.45, 7) is 15.4. The summed E-state index contributed by atoms with van der Waals surface area (Å²) in [7, 11) is -1.75. The van der Waals surface area contributed by atoms with Gasteiger partial charge in [-0.2, -0.15) is 0 Å². The van der Waals surface area contributed by atoms with Crippen LogP contribution in [0.3, 0.4) is 0 Å². The van der Waals surface area contributed by atoms with Crippen LogP contribution in [0.25, 0.3) is 0 Å². The van der Waals surface area contributed by atoms with E-state index in [1.165, 1.54) is 32.4 Å². The van der Waals surface area contributed by atoms with Crippen LogP contribution in [0.2, 0.25) is 19.6 Å². The number of ether oxygens (including phenoxy) is 2.